The molecule has 35 heavy (non-hydrogen) atoms. The number of aryl methyl sites for hydroxylation is 1. The topological polar surface area (TPSA) is 45.2 Å². The van der Waals surface area contributed by atoms with E-state index >= 15 is 0 Å². The number of unbranched alkanes of at least 4 members (excludes halogenated alkanes) is 1. The average molecular weight is 474 g/mol. The molecule has 1 saturated heterocycles. The van der Waals surface area contributed by atoms with Crippen molar-refractivity contribution in [2.45, 2.75) is 51.0 Å². The van der Waals surface area contributed by atoms with Crippen molar-refractivity contribution >= 4 is 5.91 Å². The third kappa shape index (κ3) is 7.72. The lowest BCUT2D eigenvalue weighted by Gasteiger charge is -2.38. The highest BCUT2D eigenvalue weighted by Crippen LogP contribution is 2.33. The number of pyridine rings is 1. The van der Waals surface area contributed by atoms with Gasteiger partial charge < -0.3 is 5.32 Å². The second-order valence-electron chi connectivity index (χ2n) is 9.56. The lowest BCUT2D eigenvalue weighted by atomic mass is 9.88. The minimum absolute atomic E-state index is 0.0236. The molecular formula is C30H36FN3O. The fourth-order valence-corrected chi connectivity index (χ4v) is 5.11. The zero-order chi connectivity index (χ0) is 24.3. The highest BCUT2D eigenvalue weighted by atomic mass is 19.1. The molecule has 0 atom stereocenters. The van der Waals surface area contributed by atoms with Gasteiger partial charge in [-0.3, -0.25) is 14.7 Å². The zero-order valence-electron chi connectivity index (χ0n) is 20.4. The molecule has 1 aliphatic heterocycles. The van der Waals surface area contributed by atoms with Crippen molar-refractivity contribution in [1.82, 2.24) is 15.2 Å². The van der Waals surface area contributed by atoms with Gasteiger partial charge in [0, 0.05) is 19.2 Å². The highest BCUT2D eigenvalue weighted by molar-refractivity contribution is 5.76. The molecule has 2 heterocycles. The number of benzene rings is 2. The predicted molar refractivity (Wildman–Crippen MR) is 138 cm³/mol. The van der Waals surface area contributed by atoms with Gasteiger partial charge in [-0.2, -0.15) is 0 Å². The molecule has 1 N–H and O–H groups in total. The number of piperidine rings is 1. The Kier molecular flexibility index (Phi) is 9.41. The van der Waals surface area contributed by atoms with E-state index in [-0.39, 0.29) is 11.7 Å². The van der Waals surface area contributed by atoms with E-state index in [1.165, 1.54) is 42.7 Å². The summed E-state index contributed by atoms with van der Waals surface area (Å²) >= 11 is 0. The van der Waals surface area contributed by atoms with Crippen molar-refractivity contribution in [3.63, 3.8) is 0 Å². The van der Waals surface area contributed by atoms with Gasteiger partial charge in [0.05, 0.1) is 12.2 Å². The molecule has 0 saturated carbocycles. The van der Waals surface area contributed by atoms with Crippen molar-refractivity contribution < 1.29 is 9.18 Å². The first-order valence-corrected chi connectivity index (χ1v) is 12.9. The summed E-state index contributed by atoms with van der Waals surface area (Å²) < 4.78 is 13.2. The SMILES string of the molecule is O=C(CCc1cncc(F)c1)NCCCCC1CCN(C(c2ccccc2)c2ccccc2)CC1. The van der Waals surface area contributed by atoms with E-state index in [0.29, 0.717) is 25.4 Å². The lowest BCUT2D eigenvalue weighted by Crippen LogP contribution is -2.37. The minimum Gasteiger partial charge on any atom is -0.356 e. The van der Waals surface area contributed by atoms with Crippen molar-refractivity contribution in [3.05, 3.63) is 102 Å². The third-order valence-electron chi connectivity index (χ3n) is 7.01. The van der Waals surface area contributed by atoms with Crippen LogP contribution >= 0.6 is 0 Å². The second-order valence-corrected chi connectivity index (χ2v) is 9.56. The Morgan fingerprint density at radius 3 is 2.26 bits per heavy atom. The maximum atomic E-state index is 13.2. The van der Waals surface area contributed by atoms with E-state index in [1.807, 2.05) is 0 Å². The Hall–Kier alpha value is -3.05. The molecule has 0 spiro atoms. The number of likely N-dealkylation sites (tertiary alicyclic amines) is 1. The van der Waals surface area contributed by atoms with Crippen LogP contribution in [0.15, 0.2) is 79.1 Å². The number of carbonyl (C=O) groups excluding carboxylic acids is 1. The van der Waals surface area contributed by atoms with E-state index in [0.717, 1.165) is 37.4 Å². The summed E-state index contributed by atoms with van der Waals surface area (Å²) in [5, 5.41) is 3.00. The summed E-state index contributed by atoms with van der Waals surface area (Å²) in [5.74, 6) is 0.425. The molecule has 0 radical (unpaired) electrons. The van der Waals surface area contributed by atoms with Gasteiger partial charge in [-0.05, 0) is 67.4 Å². The summed E-state index contributed by atoms with van der Waals surface area (Å²) in [5.41, 5.74) is 3.48. The van der Waals surface area contributed by atoms with Gasteiger partial charge >= 0.3 is 0 Å². The molecule has 1 aliphatic rings. The fraction of sp³-hybridized carbons (Fsp3) is 0.400. The van der Waals surface area contributed by atoms with Gasteiger partial charge in [0.25, 0.3) is 0 Å². The van der Waals surface area contributed by atoms with E-state index in [9.17, 15) is 9.18 Å². The Morgan fingerprint density at radius 2 is 1.63 bits per heavy atom. The molecule has 1 fully saturated rings. The molecule has 184 valence electrons. The van der Waals surface area contributed by atoms with E-state index in [4.69, 9.17) is 0 Å². The second kappa shape index (κ2) is 13.1. The number of hydrogen-bond acceptors (Lipinski definition) is 3. The Morgan fingerprint density at radius 1 is 0.971 bits per heavy atom. The largest absolute Gasteiger partial charge is 0.356 e. The standard InChI is InChI=1S/C30H36FN3O/c31-28-21-25(22-32-23-28)14-15-29(35)33-18-8-7-9-24-16-19-34(20-17-24)30(26-10-3-1-4-11-26)27-12-5-2-6-13-27/h1-6,10-13,21-24,30H,7-9,14-20H2,(H,33,35). The van der Waals surface area contributed by atoms with Gasteiger partial charge in [-0.15, -0.1) is 0 Å². The van der Waals surface area contributed by atoms with Crippen LogP contribution in [-0.2, 0) is 11.2 Å². The fourth-order valence-electron chi connectivity index (χ4n) is 5.11. The molecule has 4 rings (SSSR count). The van der Waals surface area contributed by atoms with Crippen LogP contribution < -0.4 is 5.32 Å². The molecule has 0 aliphatic carbocycles. The molecule has 5 heteroatoms. The van der Waals surface area contributed by atoms with Crippen LogP contribution in [-0.4, -0.2) is 35.4 Å². The van der Waals surface area contributed by atoms with Gasteiger partial charge in [-0.25, -0.2) is 4.39 Å². The van der Waals surface area contributed by atoms with Gasteiger partial charge in [0.2, 0.25) is 5.91 Å². The van der Waals surface area contributed by atoms with Crippen LogP contribution in [0.3, 0.4) is 0 Å². The summed E-state index contributed by atoms with van der Waals surface area (Å²) in [4.78, 5) is 18.5. The summed E-state index contributed by atoms with van der Waals surface area (Å²) in [7, 11) is 0. The van der Waals surface area contributed by atoms with Crippen LogP contribution in [0, 0.1) is 11.7 Å². The van der Waals surface area contributed by atoms with E-state index in [2.05, 4.69) is 75.9 Å². The lowest BCUT2D eigenvalue weighted by molar-refractivity contribution is -0.121. The van der Waals surface area contributed by atoms with Crippen molar-refractivity contribution in [2.75, 3.05) is 19.6 Å². The van der Waals surface area contributed by atoms with Gasteiger partial charge in [0.15, 0.2) is 0 Å². The molecule has 3 aromatic rings. The molecule has 0 bridgehead atoms. The van der Waals surface area contributed by atoms with E-state index in [1.54, 1.807) is 6.20 Å². The number of carbonyl (C=O) groups is 1. The number of halogens is 1. The zero-order valence-corrected chi connectivity index (χ0v) is 20.4. The summed E-state index contributed by atoms with van der Waals surface area (Å²) in [6.45, 7) is 2.94. The monoisotopic (exact) mass is 473 g/mol. The number of nitrogens with one attached hydrogen (secondary N) is 1. The van der Waals surface area contributed by atoms with Gasteiger partial charge in [-0.1, -0.05) is 73.5 Å². The van der Waals surface area contributed by atoms with Crippen molar-refractivity contribution in [3.8, 4) is 0 Å². The Labute approximate surface area is 208 Å². The molecule has 4 nitrogen and oxygen atoms in total. The molecule has 0 unspecified atom stereocenters. The van der Waals surface area contributed by atoms with Crippen molar-refractivity contribution in [1.29, 1.82) is 0 Å². The third-order valence-corrected chi connectivity index (χ3v) is 7.01. The number of aromatic nitrogens is 1. The first kappa shape index (κ1) is 25.1. The van der Waals surface area contributed by atoms with Crippen LogP contribution in [0.5, 0.6) is 0 Å². The molecule has 1 aromatic heterocycles. The number of hydrogen-bond donors (Lipinski definition) is 1. The maximum absolute atomic E-state index is 13.2. The number of rotatable bonds is 11. The molecular weight excluding hydrogens is 437 g/mol. The Balaban J connectivity index is 1.15. The van der Waals surface area contributed by atoms with Gasteiger partial charge in [0.1, 0.15) is 5.82 Å². The molecule has 2 aromatic carbocycles. The number of amides is 1. The Bertz CT molecular complexity index is 996. The smallest absolute Gasteiger partial charge is 0.220 e. The first-order chi connectivity index (χ1) is 17.2. The summed E-state index contributed by atoms with van der Waals surface area (Å²) in [6, 6.07) is 23.4. The van der Waals surface area contributed by atoms with Crippen LogP contribution in [0.4, 0.5) is 4.39 Å². The predicted octanol–water partition coefficient (Wildman–Crippen LogP) is 5.94. The van der Waals surface area contributed by atoms with E-state index < -0.39 is 0 Å². The quantitative estimate of drug-likeness (QED) is 0.351. The highest BCUT2D eigenvalue weighted by Gasteiger charge is 2.27. The average Bonchev–Trinajstić information content (AvgIpc) is 2.90. The minimum atomic E-state index is -0.357. The normalized spacial score (nSPS) is 14.8. The van der Waals surface area contributed by atoms with Crippen LogP contribution in [0.1, 0.15) is 61.3 Å². The maximum Gasteiger partial charge on any atom is 0.220 e. The molecule has 1 amide bonds. The van der Waals surface area contributed by atoms with Crippen LogP contribution in [0.2, 0.25) is 0 Å². The van der Waals surface area contributed by atoms with Crippen molar-refractivity contribution in [2.24, 2.45) is 5.92 Å². The number of nitrogens with zero attached hydrogens (tertiary/aromatic N) is 2. The first-order valence-electron chi connectivity index (χ1n) is 12.9. The van der Waals surface area contributed by atoms with Crippen LogP contribution in [0.25, 0.3) is 0 Å². The summed E-state index contributed by atoms with van der Waals surface area (Å²) in [6.07, 6.45) is 9.50.